The lowest BCUT2D eigenvalue weighted by atomic mass is 9.81. The summed E-state index contributed by atoms with van der Waals surface area (Å²) in [5.41, 5.74) is 0.986. The monoisotopic (exact) mass is 377 g/mol. The lowest BCUT2D eigenvalue weighted by molar-refractivity contribution is -0.130. The van der Waals surface area contributed by atoms with Gasteiger partial charge in [0, 0.05) is 18.0 Å². The smallest absolute Gasteiger partial charge is 0.321 e. The SMILES string of the molecule is O=C1C[C@@H](C(=O)N[C@@H](c2cccc(Cl)c2)C2CCCCC2)CNC(=O)N1. The summed E-state index contributed by atoms with van der Waals surface area (Å²) in [6, 6.07) is 6.89. The molecule has 140 valence electrons. The van der Waals surface area contributed by atoms with E-state index in [2.05, 4.69) is 16.0 Å². The predicted molar refractivity (Wildman–Crippen MR) is 98.6 cm³/mol. The summed E-state index contributed by atoms with van der Waals surface area (Å²) < 4.78 is 0. The number of halogens is 1. The summed E-state index contributed by atoms with van der Waals surface area (Å²) in [4.78, 5) is 36.0. The van der Waals surface area contributed by atoms with Crippen molar-refractivity contribution in [1.29, 1.82) is 0 Å². The lowest BCUT2D eigenvalue weighted by Gasteiger charge is -2.32. The number of rotatable bonds is 4. The topological polar surface area (TPSA) is 87.3 Å². The number of carbonyl (C=O) groups is 3. The summed E-state index contributed by atoms with van der Waals surface area (Å²) >= 11 is 6.16. The largest absolute Gasteiger partial charge is 0.349 e. The van der Waals surface area contributed by atoms with Crippen LogP contribution in [0.25, 0.3) is 0 Å². The number of nitrogens with one attached hydrogen (secondary N) is 3. The third kappa shape index (κ3) is 4.75. The second-order valence-corrected chi connectivity index (χ2v) is 7.54. The molecule has 0 bridgehead atoms. The van der Waals surface area contributed by atoms with Crippen LogP contribution >= 0.6 is 11.6 Å². The molecule has 3 rings (SSSR count). The van der Waals surface area contributed by atoms with Gasteiger partial charge in [-0.2, -0.15) is 0 Å². The maximum Gasteiger partial charge on any atom is 0.321 e. The molecule has 1 heterocycles. The highest BCUT2D eigenvalue weighted by molar-refractivity contribution is 6.30. The fourth-order valence-electron chi connectivity index (χ4n) is 3.83. The zero-order chi connectivity index (χ0) is 18.5. The first-order valence-corrected chi connectivity index (χ1v) is 9.54. The minimum absolute atomic E-state index is 0.00247. The van der Waals surface area contributed by atoms with Crippen LogP contribution < -0.4 is 16.0 Å². The highest BCUT2D eigenvalue weighted by Gasteiger charge is 2.31. The number of hydrogen-bond donors (Lipinski definition) is 3. The van der Waals surface area contributed by atoms with Crippen molar-refractivity contribution >= 4 is 29.4 Å². The van der Waals surface area contributed by atoms with E-state index in [1.54, 1.807) is 0 Å². The van der Waals surface area contributed by atoms with Crippen LogP contribution in [0.5, 0.6) is 0 Å². The van der Waals surface area contributed by atoms with Crippen LogP contribution in [0, 0.1) is 11.8 Å². The number of carbonyl (C=O) groups excluding carboxylic acids is 3. The van der Waals surface area contributed by atoms with Gasteiger partial charge in [-0.05, 0) is 36.5 Å². The van der Waals surface area contributed by atoms with E-state index >= 15 is 0 Å². The van der Waals surface area contributed by atoms with Gasteiger partial charge >= 0.3 is 6.03 Å². The Morgan fingerprint density at radius 2 is 1.96 bits per heavy atom. The second kappa shape index (κ2) is 8.54. The van der Waals surface area contributed by atoms with Crippen molar-refractivity contribution in [2.45, 2.75) is 44.6 Å². The average molecular weight is 378 g/mol. The minimum atomic E-state index is -0.577. The highest BCUT2D eigenvalue weighted by atomic mass is 35.5. The number of urea groups is 1. The molecule has 1 aliphatic heterocycles. The number of imide groups is 1. The molecule has 1 saturated heterocycles. The molecule has 1 aliphatic carbocycles. The summed E-state index contributed by atoms with van der Waals surface area (Å²) in [6.45, 7) is 0.149. The first kappa shape index (κ1) is 18.7. The van der Waals surface area contributed by atoms with Crippen molar-refractivity contribution in [3.05, 3.63) is 34.9 Å². The van der Waals surface area contributed by atoms with Crippen molar-refractivity contribution < 1.29 is 14.4 Å². The van der Waals surface area contributed by atoms with E-state index in [1.807, 2.05) is 24.3 Å². The molecule has 0 radical (unpaired) electrons. The molecule has 7 heteroatoms. The molecule has 3 N–H and O–H groups in total. The molecule has 26 heavy (non-hydrogen) atoms. The zero-order valence-electron chi connectivity index (χ0n) is 14.6. The van der Waals surface area contributed by atoms with Gasteiger partial charge in [0.1, 0.15) is 0 Å². The van der Waals surface area contributed by atoms with E-state index in [-0.39, 0.29) is 24.9 Å². The standard InChI is InChI=1S/C19H24ClN3O3/c20-15-8-4-7-13(9-15)17(12-5-2-1-3-6-12)23-18(25)14-10-16(24)22-19(26)21-11-14/h4,7-9,12,14,17H,1-3,5-6,10-11H2,(H,23,25)(H2,21,22,24,26)/t14-,17-/m1/s1. The van der Waals surface area contributed by atoms with Crippen molar-refractivity contribution in [2.24, 2.45) is 11.8 Å². The van der Waals surface area contributed by atoms with Crippen LogP contribution in [-0.2, 0) is 9.59 Å². The normalized spacial score (nSPS) is 22.7. The van der Waals surface area contributed by atoms with E-state index < -0.39 is 17.9 Å². The molecular formula is C19H24ClN3O3. The van der Waals surface area contributed by atoms with Crippen LogP contribution in [0.4, 0.5) is 4.79 Å². The Labute approximate surface area is 158 Å². The Morgan fingerprint density at radius 3 is 2.69 bits per heavy atom. The Balaban J connectivity index is 1.77. The molecule has 1 aromatic rings. The molecular weight excluding hydrogens is 354 g/mol. The van der Waals surface area contributed by atoms with E-state index in [9.17, 15) is 14.4 Å². The Morgan fingerprint density at radius 1 is 1.19 bits per heavy atom. The van der Waals surface area contributed by atoms with Crippen molar-refractivity contribution in [2.75, 3.05) is 6.54 Å². The fraction of sp³-hybridized carbons (Fsp3) is 0.526. The third-order valence-electron chi connectivity index (χ3n) is 5.19. The van der Waals surface area contributed by atoms with E-state index in [1.165, 1.54) is 6.42 Å². The fourth-order valence-corrected chi connectivity index (χ4v) is 4.03. The lowest BCUT2D eigenvalue weighted by Crippen LogP contribution is -2.41. The van der Waals surface area contributed by atoms with Crippen LogP contribution in [-0.4, -0.2) is 24.4 Å². The molecule has 2 aliphatic rings. The summed E-state index contributed by atoms with van der Waals surface area (Å²) in [7, 11) is 0. The molecule has 2 atom stereocenters. The van der Waals surface area contributed by atoms with Gasteiger partial charge in [0.25, 0.3) is 0 Å². The minimum Gasteiger partial charge on any atom is -0.349 e. The highest BCUT2D eigenvalue weighted by Crippen LogP contribution is 2.35. The maximum atomic E-state index is 12.8. The maximum absolute atomic E-state index is 12.8. The van der Waals surface area contributed by atoms with Gasteiger partial charge in [0.05, 0.1) is 12.0 Å². The number of hydrogen-bond acceptors (Lipinski definition) is 3. The van der Waals surface area contributed by atoms with Gasteiger partial charge in [-0.25, -0.2) is 4.79 Å². The molecule has 2 fully saturated rings. The first-order valence-electron chi connectivity index (χ1n) is 9.16. The summed E-state index contributed by atoms with van der Waals surface area (Å²) in [5, 5.41) is 8.52. The van der Waals surface area contributed by atoms with Crippen molar-refractivity contribution in [3.63, 3.8) is 0 Å². The van der Waals surface area contributed by atoms with E-state index in [0.29, 0.717) is 10.9 Å². The van der Waals surface area contributed by atoms with Crippen LogP contribution in [0.1, 0.15) is 50.1 Å². The molecule has 0 spiro atoms. The number of benzene rings is 1. The summed E-state index contributed by atoms with van der Waals surface area (Å²) in [6.07, 6.45) is 5.64. The van der Waals surface area contributed by atoms with Crippen LogP contribution in [0.3, 0.4) is 0 Å². The average Bonchev–Trinajstić information content (AvgIpc) is 2.80. The van der Waals surface area contributed by atoms with E-state index in [4.69, 9.17) is 11.6 Å². The zero-order valence-corrected chi connectivity index (χ0v) is 15.3. The van der Waals surface area contributed by atoms with Gasteiger partial charge in [-0.15, -0.1) is 0 Å². The quantitative estimate of drug-likeness (QED) is 0.753. The third-order valence-corrected chi connectivity index (χ3v) is 5.43. The van der Waals surface area contributed by atoms with Gasteiger partial charge in [-0.3, -0.25) is 14.9 Å². The second-order valence-electron chi connectivity index (χ2n) is 7.10. The Hall–Kier alpha value is -2.08. The van der Waals surface area contributed by atoms with Gasteiger partial charge in [-0.1, -0.05) is 43.0 Å². The van der Waals surface area contributed by atoms with Gasteiger partial charge in [0.15, 0.2) is 0 Å². The van der Waals surface area contributed by atoms with Crippen LogP contribution in [0.15, 0.2) is 24.3 Å². The molecule has 1 aromatic carbocycles. The van der Waals surface area contributed by atoms with Gasteiger partial charge in [0.2, 0.25) is 11.8 Å². The van der Waals surface area contributed by atoms with Crippen LogP contribution in [0.2, 0.25) is 5.02 Å². The van der Waals surface area contributed by atoms with Gasteiger partial charge < -0.3 is 10.6 Å². The van der Waals surface area contributed by atoms with E-state index in [0.717, 1.165) is 31.2 Å². The summed E-state index contributed by atoms with van der Waals surface area (Å²) in [5.74, 6) is -0.873. The number of amides is 4. The van der Waals surface area contributed by atoms with Crippen molar-refractivity contribution in [1.82, 2.24) is 16.0 Å². The Kier molecular flexibility index (Phi) is 6.14. The van der Waals surface area contributed by atoms with Crippen molar-refractivity contribution in [3.8, 4) is 0 Å². The first-order chi connectivity index (χ1) is 12.5. The molecule has 6 nitrogen and oxygen atoms in total. The Bertz CT molecular complexity index is 688. The molecule has 0 aromatic heterocycles. The predicted octanol–water partition coefficient (Wildman–Crippen LogP) is 2.92. The molecule has 0 unspecified atom stereocenters. The molecule has 1 saturated carbocycles. The molecule has 4 amide bonds.